The topological polar surface area (TPSA) is 73.9 Å². The smallest absolute Gasteiger partial charge is 0.271 e. The van der Waals surface area contributed by atoms with Crippen molar-refractivity contribution in [3.63, 3.8) is 0 Å². The van der Waals surface area contributed by atoms with Gasteiger partial charge in [-0.15, -0.1) is 0 Å². The van der Waals surface area contributed by atoms with Crippen molar-refractivity contribution in [3.8, 4) is 0 Å². The van der Waals surface area contributed by atoms with E-state index >= 15 is 0 Å². The molecule has 0 aromatic carbocycles. The molecule has 3 aliphatic rings. The summed E-state index contributed by atoms with van der Waals surface area (Å²) >= 11 is 0. The lowest BCUT2D eigenvalue weighted by Gasteiger charge is -2.38. The van der Waals surface area contributed by atoms with E-state index in [-0.39, 0.29) is 17.7 Å². The van der Waals surface area contributed by atoms with Crippen LogP contribution in [0.5, 0.6) is 0 Å². The predicted octanol–water partition coefficient (Wildman–Crippen LogP) is -0.801. The van der Waals surface area contributed by atoms with E-state index in [1.54, 1.807) is 11.1 Å². The fraction of sp³-hybridized carbons (Fsp3) is 0.571. The van der Waals surface area contributed by atoms with E-state index in [0.29, 0.717) is 45.1 Å². The summed E-state index contributed by atoms with van der Waals surface area (Å²) in [6.07, 6.45) is 3.62. The lowest BCUT2D eigenvalue weighted by Crippen LogP contribution is -2.55. The number of piperazine rings is 1. The average Bonchev–Trinajstić information content (AvgIpc) is 2.45. The third-order valence-corrected chi connectivity index (χ3v) is 3.97. The van der Waals surface area contributed by atoms with Gasteiger partial charge in [0.2, 0.25) is 5.91 Å². The molecule has 0 unspecified atom stereocenters. The molecule has 21 heavy (non-hydrogen) atoms. The number of amides is 2. The summed E-state index contributed by atoms with van der Waals surface area (Å²) in [4.78, 5) is 28.1. The van der Waals surface area contributed by atoms with Gasteiger partial charge in [-0.25, -0.2) is 0 Å². The Balaban J connectivity index is 1.54. The largest absolute Gasteiger partial charge is 0.380 e. The maximum Gasteiger partial charge on any atom is 0.271 e. The van der Waals surface area contributed by atoms with Gasteiger partial charge in [-0.2, -0.15) is 0 Å². The Morgan fingerprint density at radius 1 is 1.19 bits per heavy atom. The summed E-state index contributed by atoms with van der Waals surface area (Å²) in [5.74, 6) is 0.143. The Morgan fingerprint density at radius 3 is 2.43 bits per heavy atom. The number of hydrazine groups is 1. The second-order valence-corrected chi connectivity index (χ2v) is 5.57. The van der Waals surface area contributed by atoms with Gasteiger partial charge in [-0.3, -0.25) is 15.0 Å². The van der Waals surface area contributed by atoms with Gasteiger partial charge in [0, 0.05) is 32.4 Å². The van der Waals surface area contributed by atoms with Crippen LogP contribution in [-0.4, -0.2) is 61.0 Å². The number of allylic oxidation sites excluding steroid dienone is 2. The molecule has 2 amide bonds. The van der Waals surface area contributed by atoms with Crippen molar-refractivity contribution in [2.75, 3.05) is 39.4 Å². The third-order valence-electron chi connectivity index (χ3n) is 3.97. The maximum atomic E-state index is 12.4. The molecular weight excluding hydrogens is 272 g/mol. The molecule has 0 bridgehead atoms. The van der Waals surface area contributed by atoms with Gasteiger partial charge in [0.15, 0.2) is 0 Å². The molecule has 0 aliphatic carbocycles. The van der Waals surface area contributed by atoms with Crippen molar-refractivity contribution < 1.29 is 14.3 Å². The molecule has 0 saturated carbocycles. The van der Waals surface area contributed by atoms with Crippen molar-refractivity contribution >= 4 is 11.8 Å². The van der Waals surface area contributed by atoms with E-state index in [1.165, 1.54) is 0 Å². The Labute approximate surface area is 123 Å². The first-order valence-corrected chi connectivity index (χ1v) is 7.21. The molecule has 3 heterocycles. The molecule has 0 radical (unpaired) electrons. The summed E-state index contributed by atoms with van der Waals surface area (Å²) in [5, 5.41) is 0. The second-order valence-electron chi connectivity index (χ2n) is 5.57. The summed E-state index contributed by atoms with van der Waals surface area (Å²) < 4.78 is 5.06. The number of carbonyl (C=O) groups excluding carboxylic acids is 2. The van der Waals surface area contributed by atoms with Gasteiger partial charge in [-0.1, -0.05) is 0 Å². The normalized spacial score (nSPS) is 22.5. The van der Waals surface area contributed by atoms with Gasteiger partial charge < -0.3 is 20.0 Å². The number of nitrogens with one attached hydrogen (secondary N) is 2. The predicted molar refractivity (Wildman–Crippen MR) is 75.6 cm³/mol. The molecule has 7 heteroatoms. The van der Waals surface area contributed by atoms with E-state index in [4.69, 9.17) is 4.74 Å². The van der Waals surface area contributed by atoms with Gasteiger partial charge in [0.05, 0.1) is 19.1 Å². The number of hydrogen-bond donors (Lipinski definition) is 2. The lowest BCUT2D eigenvalue weighted by atomic mass is 10.1. The van der Waals surface area contributed by atoms with Crippen LogP contribution in [0.25, 0.3) is 0 Å². The number of nitrogens with zero attached hydrogens (tertiary/aromatic N) is 2. The minimum Gasteiger partial charge on any atom is -0.380 e. The Hall–Kier alpha value is -2.02. The fourth-order valence-corrected chi connectivity index (χ4v) is 2.59. The first-order chi connectivity index (χ1) is 10.1. The van der Waals surface area contributed by atoms with Gasteiger partial charge in [0.1, 0.15) is 5.70 Å². The second kappa shape index (κ2) is 5.77. The summed E-state index contributed by atoms with van der Waals surface area (Å²) in [7, 11) is 0. The summed E-state index contributed by atoms with van der Waals surface area (Å²) in [6.45, 7) is 5.32. The molecule has 3 aliphatic heterocycles. The number of carbonyl (C=O) groups is 2. The average molecular weight is 292 g/mol. The Kier molecular flexibility index (Phi) is 3.83. The van der Waals surface area contributed by atoms with Gasteiger partial charge in [0.25, 0.3) is 5.91 Å². The minimum atomic E-state index is -0.0333. The van der Waals surface area contributed by atoms with Crippen LogP contribution in [0.3, 0.4) is 0 Å². The van der Waals surface area contributed by atoms with E-state index in [2.05, 4.69) is 10.9 Å². The Morgan fingerprint density at radius 2 is 1.86 bits per heavy atom. The molecule has 7 nitrogen and oxygen atoms in total. The minimum absolute atomic E-state index is 0.0203. The molecule has 0 aromatic rings. The first-order valence-electron chi connectivity index (χ1n) is 7.21. The van der Waals surface area contributed by atoms with Crippen LogP contribution in [-0.2, 0) is 14.3 Å². The highest BCUT2D eigenvalue weighted by atomic mass is 16.5. The van der Waals surface area contributed by atoms with E-state index < -0.39 is 0 Å². The van der Waals surface area contributed by atoms with Gasteiger partial charge in [-0.05, 0) is 18.6 Å². The summed E-state index contributed by atoms with van der Waals surface area (Å²) in [5.41, 5.74) is 7.26. The van der Waals surface area contributed by atoms with Crippen LogP contribution < -0.4 is 10.9 Å². The van der Waals surface area contributed by atoms with Crippen molar-refractivity contribution in [1.82, 2.24) is 20.7 Å². The van der Waals surface area contributed by atoms with Crippen LogP contribution >= 0.6 is 0 Å². The molecule has 2 N–H and O–H groups in total. The number of ether oxygens (including phenoxy) is 1. The molecule has 114 valence electrons. The Bertz CT molecular complexity index is 502. The summed E-state index contributed by atoms with van der Waals surface area (Å²) in [6, 6.07) is 0. The molecule has 0 aromatic heterocycles. The zero-order chi connectivity index (χ0) is 14.8. The number of rotatable bonds is 2. The highest BCUT2D eigenvalue weighted by molar-refractivity contribution is 5.93. The van der Waals surface area contributed by atoms with E-state index in [9.17, 15) is 9.59 Å². The SMILES string of the molecule is CC1=CNNC(C(=O)N2CCN(C(=O)C3COC3)CC2)=C1. The van der Waals surface area contributed by atoms with Crippen LogP contribution in [0.1, 0.15) is 6.92 Å². The molecule has 2 saturated heterocycles. The van der Waals surface area contributed by atoms with Gasteiger partial charge >= 0.3 is 0 Å². The van der Waals surface area contributed by atoms with Crippen molar-refractivity contribution in [3.05, 3.63) is 23.5 Å². The van der Waals surface area contributed by atoms with Crippen LogP contribution in [0.4, 0.5) is 0 Å². The van der Waals surface area contributed by atoms with E-state index in [0.717, 1.165) is 5.57 Å². The third kappa shape index (κ3) is 2.87. The molecule has 3 rings (SSSR count). The van der Waals surface area contributed by atoms with Crippen LogP contribution in [0.2, 0.25) is 0 Å². The monoisotopic (exact) mass is 292 g/mol. The quantitative estimate of drug-likeness (QED) is 0.697. The molecule has 0 spiro atoms. The molecule has 2 fully saturated rings. The fourth-order valence-electron chi connectivity index (χ4n) is 2.59. The zero-order valence-electron chi connectivity index (χ0n) is 12.1. The van der Waals surface area contributed by atoms with E-state index in [1.807, 2.05) is 17.9 Å². The molecular formula is C14H20N4O3. The van der Waals surface area contributed by atoms with Crippen molar-refractivity contribution in [2.45, 2.75) is 6.92 Å². The zero-order valence-corrected chi connectivity index (χ0v) is 12.1. The lowest BCUT2D eigenvalue weighted by molar-refractivity contribution is -0.153. The van der Waals surface area contributed by atoms with Crippen LogP contribution in [0, 0.1) is 5.92 Å². The highest BCUT2D eigenvalue weighted by Gasteiger charge is 2.33. The van der Waals surface area contributed by atoms with Crippen molar-refractivity contribution in [1.29, 1.82) is 0 Å². The van der Waals surface area contributed by atoms with Crippen molar-refractivity contribution in [2.24, 2.45) is 5.92 Å². The maximum absolute atomic E-state index is 12.4. The highest BCUT2D eigenvalue weighted by Crippen LogP contribution is 2.16. The first kappa shape index (κ1) is 13.9. The van der Waals surface area contributed by atoms with Crippen LogP contribution in [0.15, 0.2) is 23.5 Å². The molecule has 0 atom stereocenters. The number of hydrogen-bond acceptors (Lipinski definition) is 5. The standard InChI is InChI=1S/C14H20N4O3/c1-10-6-12(16-15-7-10)14(20)18-4-2-17(3-5-18)13(19)11-8-21-9-11/h6-7,11,15-16H,2-5,8-9H2,1H3.